The molecule has 0 bridgehead atoms. The van der Waals surface area contributed by atoms with Crippen LogP contribution >= 0.6 is 0 Å². The molecule has 7 nitrogen and oxygen atoms in total. The second-order valence-electron chi connectivity index (χ2n) is 4.85. The highest BCUT2D eigenvalue weighted by Crippen LogP contribution is 2.11. The summed E-state index contributed by atoms with van der Waals surface area (Å²) in [6, 6.07) is 7.24. The number of carbonyl (C=O) groups excluding carboxylic acids is 1. The van der Waals surface area contributed by atoms with E-state index in [0.717, 1.165) is 0 Å². The van der Waals surface area contributed by atoms with Crippen LogP contribution in [0.1, 0.15) is 17.3 Å². The Bertz CT molecular complexity index is 724. The fourth-order valence-corrected chi connectivity index (χ4v) is 3.22. The fraction of sp³-hybridized carbons (Fsp3) is 0.286. The van der Waals surface area contributed by atoms with Crippen LogP contribution < -0.4 is 10.0 Å². The number of sulfonamides is 1. The Balaban J connectivity index is 2.07. The number of rotatable bonds is 6. The molecule has 2 N–H and O–H groups in total. The van der Waals surface area contributed by atoms with E-state index in [1.54, 1.807) is 30.1 Å². The standard InChI is InChI=1S/C14H18N4O3S/c1-11(10-18-9-3-8-16-18)17-22(20,21)13-6-4-12(5-7-13)14(19)15-2/h3-9,11,17H,10H2,1-2H3,(H,15,19). The summed E-state index contributed by atoms with van der Waals surface area (Å²) in [5.41, 5.74) is 0.408. The third kappa shape index (κ3) is 3.92. The van der Waals surface area contributed by atoms with Crippen LogP contribution in [0.2, 0.25) is 0 Å². The summed E-state index contributed by atoms with van der Waals surface area (Å²) >= 11 is 0. The molecule has 0 aliphatic heterocycles. The molecule has 22 heavy (non-hydrogen) atoms. The summed E-state index contributed by atoms with van der Waals surface area (Å²) in [4.78, 5) is 11.6. The Labute approximate surface area is 129 Å². The minimum Gasteiger partial charge on any atom is -0.355 e. The van der Waals surface area contributed by atoms with Crippen molar-refractivity contribution in [2.75, 3.05) is 7.05 Å². The number of benzene rings is 1. The third-order valence-corrected chi connectivity index (χ3v) is 4.64. The first-order chi connectivity index (χ1) is 10.4. The van der Waals surface area contributed by atoms with E-state index in [0.29, 0.717) is 12.1 Å². The van der Waals surface area contributed by atoms with E-state index in [-0.39, 0.29) is 16.8 Å². The zero-order chi connectivity index (χ0) is 16.2. The zero-order valence-electron chi connectivity index (χ0n) is 12.4. The van der Waals surface area contributed by atoms with Crippen LogP contribution in [0.4, 0.5) is 0 Å². The molecule has 1 heterocycles. The van der Waals surface area contributed by atoms with Gasteiger partial charge in [0, 0.05) is 31.0 Å². The second kappa shape index (κ2) is 6.71. The lowest BCUT2D eigenvalue weighted by Gasteiger charge is -2.14. The maximum atomic E-state index is 12.3. The van der Waals surface area contributed by atoms with Gasteiger partial charge < -0.3 is 5.32 Å². The molecule has 2 rings (SSSR count). The Kier molecular flexibility index (Phi) is 4.94. The Morgan fingerprint density at radius 3 is 2.55 bits per heavy atom. The summed E-state index contributed by atoms with van der Waals surface area (Å²) < 4.78 is 28.8. The van der Waals surface area contributed by atoms with Gasteiger partial charge in [0.15, 0.2) is 0 Å². The van der Waals surface area contributed by atoms with Gasteiger partial charge in [0.1, 0.15) is 0 Å². The van der Waals surface area contributed by atoms with E-state index in [1.807, 2.05) is 0 Å². The van der Waals surface area contributed by atoms with Gasteiger partial charge in [-0.25, -0.2) is 13.1 Å². The van der Waals surface area contributed by atoms with Crippen LogP contribution in [0, 0.1) is 0 Å². The van der Waals surface area contributed by atoms with Crippen molar-refractivity contribution in [3.8, 4) is 0 Å². The first-order valence-corrected chi connectivity index (χ1v) is 8.22. The summed E-state index contributed by atoms with van der Waals surface area (Å²) in [5.74, 6) is -0.260. The molecule has 2 aromatic rings. The van der Waals surface area contributed by atoms with Crippen molar-refractivity contribution < 1.29 is 13.2 Å². The third-order valence-electron chi connectivity index (χ3n) is 3.03. The number of hydrogen-bond acceptors (Lipinski definition) is 4. The van der Waals surface area contributed by atoms with E-state index in [9.17, 15) is 13.2 Å². The summed E-state index contributed by atoms with van der Waals surface area (Å²) in [6.45, 7) is 2.20. The molecule has 8 heteroatoms. The smallest absolute Gasteiger partial charge is 0.251 e. The van der Waals surface area contributed by atoms with E-state index < -0.39 is 10.0 Å². The quantitative estimate of drug-likeness (QED) is 0.815. The molecule has 0 spiro atoms. The van der Waals surface area contributed by atoms with E-state index in [2.05, 4.69) is 15.1 Å². The van der Waals surface area contributed by atoms with Crippen molar-refractivity contribution in [2.45, 2.75) is 24.4 Å². The Morgan fingerprint density at radius 1 is 1.32 bits per heavy atom. The monoisotopic (exact) mass is 322 g/mol. The summed E-state index contributed by atoms with van der Waals surface area (Å²) in [6.07, 6.45) is 3.40. The molecule has 118 valence electrons. The van der Waals surface area contributed by atoms with Crippen molar-refractivity contribution >= 4 is 15.9 Å². The van der Waals surface area contributed by atoms with Crippen LogP contribution in [0.5, 0.6) is 0 Å². The number of carbonyl (C=O) groups is 1. The molecule has 0 saturated carbocycles. The highest BCUT2D eigenvalue weighted by molar-refractivity contribution is 7.89. The van der Waals surface area contributed by atoms with Crippen molar-refractivity contribution in [3.05, 3.63) is 48.3 Å². The molecular weight excluding hydrogens is 304 g/mol. The number of nitrogens with one attached hydrogen (secondary N) is 2. The van der Waals surface area contributed by atoms with E-state index in [1.165, 1.54) is 31.3 Å². The molecule has 1 aromatic heterocycles. The molecule has 0 aliphatic rings. The van der Waals surface area contributed by atoms with Crippen LogP contribution in [0.15, 0.2) is 47.6 Å². The minimum atomic E-state index is -3.63. The van der Waals surface area contributed by atoms with E-state index >= 15 is 0 Å². The molecular formula is C14H18N4O3S. The molecule has 1 unspecified atom stereocenters. The maximum Gasteiger partial charge on any atom is 0.251 e. The van der Waals surface area contributed by atoms with Crippen LogP contribution in [0.25, 0.3) is 0 Å². The van der Waals surface area contributed by atoms with Crippen LogP contribution in [-0.4, -0.2) is 37.2 Å². The second-order valence-corrected chi connectivity index (χ2v) is 6.57. The van der Waals surface area contributed by atoms with Crippen molar-refractivity contribution in [2.24, 2.45) is 0 Å². The number of aromatic nitrogens is 2. The Morgan fingerprint density at radius 2 is 2.00 bits per heavy atom. The first kappa shape index (κ1) is 16.2. The lowest BCUT2D eigenvalue weighted by molar-refractivity contribution is 0.0963. The highest BCUT2D eigenvalue weighted by Gasteiger charge is 2.18. The normalized spacial score (nSPS) is 12.8. The van der Waals surface area contributed by atoms with Gasteiger partial charge in [-0.05, 0) is 37.3 Å². The molecule has 1 aromatic carbocycles. The SMILES string of the molecule is CNC(=O)c1ccc(S(=O)(=O)NC(C)Cn2cccn2)cc1. The summed E-state index contributed by atoms with van der Waals surface area (Å²) in [5, 5.41) is 6.52. The van der Waals surface area contributed by atoms with Crippen molar-refractivity contribution in [1.29, 1.82) is 0 Å². The molecule has 1 atom stereocenters. The molecule has 0 radical (unpaired) electrons. The molecule has 0 aliphatic carbocycles. The van der Waals surface area contributed by atoms with Crippen LogP contribution in [0.3, 0.4) is 0 Å². The highest BCUT2D eigenvalue weighted by atomic mass is 32.2. The van der Waals surface area contributed by atoms with Gasteiger partial charge >= 0.3 is 0 Å². The van der Waals surface area contributed by atoms with Crippen molar-refractivity contribution in [1.82, 2.24) is 19.8 Å². The Hall–Kier alpha value is -2.19. The first-order valence-electron chi connectivity index (χ1n) is 6.74. The minimum absolute atomic E-state index is 0.118. The molecule has 0 fully saturated rings. The average Bonchev–Trinajstić information content (AvgIpc) is 2.98. The van der Waals surface area contributed by atoms with Gasteiger partial charge in [-0.2, -0.15) is 5.10 Å². The predicted molar refractivity (Wildman–Crippen MR) is 81.8 cm³/mol. The molecule has 0 saturated heterocycles. The number of amides is 1. The predicted octanol–water partition coefficient (Wildman–Crippen LogP) is 0.610. The number of nitrogens with zero attached hydrogens (tertiary/aromatic N) is 2. The topological polar surface area (TPSA) is 93.1 Å². The summed E-state index contributed by atoms with van der Waals surface area (Å²) in [7, 11) is -2.12. The largest absolute Gasteiger partial charge is 0.355 e. The maximum absolute atomic E-state index is 12.3. The average molecular weight is 322 g/mol. The molecule has 1 amide bonds. The zero-order valence-corrected chi connectivity index (χ0v) is 13.2. The van der Waals surface area contributed by atoms with Gasteiger partial charge in [-0.15, -0.1) is 0 Å². The lowest BCUT2D eigenvalue weighted by Crippen LogP contribution is -2.35. The van der Waals surface area contributed by atoms with Gasteiger partial charge in [0.25, 0.3) is 5.91 Å². The van der Waals surface area contributed by atoms with Crippen LogP contribution in [-0.2, 0) is 16.6 Å². The lowest BCUT2D eigenvalue weighted by atomic mass is 10.2. The van der Waals surface area contributed by atoms with Gasteiger partial charge in [-0.1, -0.05) is 0 Å². The van der Waals surface area contributed by atoms with Crippen molar-refractivity contribution in [3.63, 3.8) is 0 Å². The fourth-order valence-electron chi connectivity index (χ4n) is 1.99. The van der Waals surface area contributed by atoms with Gasteiger partial charge in [-0.3, -0.25) is 9.48 Å². The van der Waals surface area contributed by atoms with E-state index in [4.69, 9.17) is 0 Å². The number of hydrogen-bond donors (Lipinski definition) is 2. The van der Waals surface area contributed by atoms with Gasteiger partial charge in [0.05, 0.1) is 11.4 Å². The van der Waals surface area contributed by atoms with Gasteiger partial charge in [0.2, 0.25) is 10.0 Å².